The molecule has 1 aliphatic carbocycles. The third kappa shape index (κ3) is 5.90. The second-order valence-corrected chi connectivity index (χ2v) is 9.59. The highest BCUT2D eigenvalue weighted by atomic mass is 35.5. The van der Waals surface area contributed by atoms with E-state index in [1.807, 2.05) is 12.1 Å². The third-order valence-corrected chi connectivity index (χ3v) is 7.04. The molecular weight excluding hydrogens is 444 g/mol. The van der Waals surface area contributed by atoms with Crippen LogP contribution in [0.1, 0.15) is 24.0 Å². The van der Waals surface area contributed by atoms with Crippen LogP contribution in [0.4, 0.5) is 0 Å². The highest BCUT2D eigenvalue weighted by Gasteiger charge is 2.26. The maximum absolute atomic E-state index is 6.02. The number of benzene rings is 2. The lowest BCUT2D eigenvalue weighted by Gasteiger charge is -2.33. The molecule has 2 saturated heterocycles. The molecule has 3 aliphatic rings. The fourth-order valence-corrected chi connectivity index (χ4v) is 5.06. The lowest BCUT2D eigenvalue weighted by atomic mass is 10.1. The number of piperazine rings is 1. The van der Waals surface area contributed by atoms with Gasteiger partial charge in [0.1, 0.15) is 0 Å². The van der Waals surface area contributed by atoms with Gasteiger partial charge in [-0.15, -0.1) is 0 Å². The van der Waals surface area contributed by atoms with Gasteiger partial charge in [-0.25, -0.2) is 0 Å². The molecular formula is C28H33ClN4O. The molecule has 0 unspecified atom stereocenters. The van der Waals surface area contributed by atoms with Gasteiger partial charge in [0.25, 0.3) is 0 Å². The summed E-state index contributed by atoms with van der Waals surface area (Å²) in [5.74, 6) is 0. The van der Waals surface area contributed by atoms with Crippen molar-refractivity contribution < 1.29 is 4.74 Å². The minimum Gasteiger partial charge on any atom is -0.378 e. The lowest BCUT2D eigenvalue weighted by Crippen LogP contribution is -2.43. The van der Waals surface area contributed by atoms with E-state index in [0.717, 1.165) is 76.9 Å². The monoisotopic (exact) mass is 476 g/mol. The van der Waals surface area contributed by atoms with Crippen LogP contribution in [0.15, 0.2) is 76.5 Å². The fraction of sp³-hybridized carbons (Fsp3) is 0.393. The molecule has 0 amide bonds. The Morgan fingerprint density at radius 1 is 0.853 bits per heavy atom. The third-order valence-electron chi connectivity index (χ3n) is 6.78. The van der Waals surface area contributed by atoms with Gasteiger partial charge in [0.15, 0.2) is 0 Å². The van der Waals surface area contributed by atoms with Crippen molar-refractivity contribution in [3.63, 3.8) is 0 Å². The predicted molar refractivity (Wildman–Crippen MR) is 140 cm³/mol. The van der Waals surface area contributed by atoms with Gasteiger partial charge in [0, 0.05) is 56.5 Å². The molecule has 2 aromatic rings. The van der Waals surface area contributed by atoms with Crippen LogP contribution in [0.3, 0.4) is 0 Å². The molecule has 0 aromatic heterocycles. The highest BCUT2D eigenvalue weighted by Crippen LogP contribution is 2.35. The Morgan fingerprint density at radius 3 is 2.32 bits per heavy atom. The zero-order valence-corrected chi connectivity index (χ0v) is 20.5. The van der Waals surface area contributed by atoms with Crippen LogP contribution in [0.25, 0.3) is 6.08 Å². The summed E-state index contributed by atoms with van der Waals surface area (Å²) >= 11 is 6.02. The zero-order chi connectivity index (χ0) is 23.2. The first-order valence-corrected chi connectivity index (χ1v) is 12.7. The van der Waals surface area contributed by atoms with Crippen LogP contribution in [-0.2, 0) is 11.3 Å². The van der Waals surface area contributed by atoms with Gasteiger partial charge in [-0.1, -0.05) is 54.1 Å². The lowest BCUT2D eigenvalue weighted by molar-refractivity contribution is 0.0548. The Balaban J connectivity index is 1.26. The van der Waals surface area contributed by atoms with E-state index < -0.39 is 0 Å². The fourth-order valence-electron chi connectivity index (χ4n) is 4.93. The van der Waals surface area contributed by atoms with E-state index in [1.165, 1.54) is 28.0 Å². The van der Waals surface area contributed by atoms with E-state index in [0.29, 0.717) is 0 Å². The molecule has 0 N–H and O–H groups in total. The summed E-state index contributed by atoms with van der Waals surface area (Å²) in [7, 11) is 0. The number of hydrogen-bond acceptors (Lipinski definition) is 5. The van der Waals surface area contributed by atoms with Crippen LogP contribution in [-0.4, -0.2) is 73.5 Å². The quantitative estimate of drug-likeness (QED) is 0.554. The van der Waals surface area contributed by atoms with E-state index in [4.69, 9.17) is 21.4 Å². The average molecular weight is 477 g/mol. The summed E-state index contributed by atoms with van der Waals surface area (Å²) in [6.45, 7) is 8.40. The van der Waals surface area contributed by atoms with E-state index >= 15 is 0 Å². The first-order chi connectivity index (χ1) is 16.7. The first kappa shape index (κ1) is 23.2. The largest absolute Gasteiger partial charge is 0.378 e. The van der Waals surface area contributed by atoms with Crippen molar-refractivity contribution in [2.24, 2.45) is 5.10 Å². The number of allylic oxidation sites excluding steroid dienone is 2. The number of hydrazone groups is 1. The number of halogens is 1. The molecule has 2 aliphatic heterocycles. The van der Waals surface area contributed by atoms with E-state index in [2.05, 4.69) is 69.6 Å². The Bertz CT molecular complexity index is 1030. The average Bonchev–Trinajstić information content (AvgIpc) is 3.28. The van der Waals surface area contributed by atoms with Crippen molar-refractivity contribution in [2.75, 3.05) is 52.5 Å². The maximum Gasteiger partial charge on any atom is 0.0642 e. The van der Waals surface area contributed by atoms with Crippen LogP contribution in [0.5, 0.6) is 0 Å². The van der Waals surface area contributed by atoms with Gasteiger partial charge in [-0.05, 0) is 53.3 Å². The molecule has 6 heteroatoms. The zero-order valence-electron chi connectivity index (χ0n) is 19.7. The van der Waals surface area contributed by atoms with Gasteiger partial charge in [-0.3, -0.25) is 9.91 Å². The van der Waals surface area contributed by atoms with Crippen molar-refractivity contribution in [3.8, 4) is 0 Å². The highest BCUT2D eigenvalue weighted by molar-refractivity contribution is 6.30. The summed E-state index contributed by atoms with van der Waals surface area (Å²) in [6, 6.07) is 18.8. The smallest absolute Gasteiger partial charge is 0.0642 e. The van der Waals surface area contributed by atoms with Crippen molar-refractivity contribution in [3.05, 3.63) is 87.6 Å². The van der Waals surface area contributed by atoms with Gasteiger partial charge < -0.3 is 9.64 Å². The van der Waals surface area contributed by atoms with Gasteiger partial charge in [0.05, 0.1) is 19.4 Å². The number of hydrogen-bond donors (Lipinski definition) is 0. The Labute approximate surface area is 207 Å². The number of ether oxygens (including phenoxy) is 1. The second-order valence-electron chi connectivity index (χ2n) is 9.15. The van der Waals surface area contributed by atoms with Crippen LogP contribution < -0.4 is 0 Å². The minimum atomic E-state index is 0.794. The van der Waals surface area contributed by atoms with Crippen molar-refractivity contribution >= 4 is 23.9 Å². The maximum atomic E-state index is 6.02. The van der Waals surface area contributed by atoms with E-state index in [1.54, 1.807) is 0 Å². The van der Waals surface area contributed by atoms with Gasteiger partial charge >= 0.3 is 0 Å². The predicted octanol–water partition coefficient (Wildman–Crippen LogP) is 4.91. The standard InChI is InChI=1S/C28H33ClN4O/c29-27-10-6-24(7-11-27)22-31-12-14-33(15-13-31)30-21-26-9-8-25(20-23-4-2-1-3-5-23)28(26)32-16-18-34-19-17-32/h1-7,10-11,20-21H,8-9,12-19,22H2/b25-20+,30-21-. The minimum absolute atomic E-state index is 0.794. The number of morpholine rings is 1. The van der Waals surface area contributed by atoms with E-state index in [9.17, 15) is 0 Å². The SMILES string of the molecule is Clc1ccc(CN2CCN(/N=C\C3=C(N4CCOCC4)C(=C/c4ccccc4)/CC3)CC2)cc1. The normalized spacial score (nSPS) is 21.3. The Hall–Kier alpha value is -2.60. The Morgan fingerprint density at radius 2 is 1.59 bits per heavy atom. The number of nitrogens with zero attached hydrogens (tertiary/aromatic N) is 4. The van der Waals surface area contributed by atoms with Gasteiger partial charge in [0.2, 0.25) is 0 Å². The summed E-state index contributed by atoms with van der Waals surface area (Å²) < 4.78 is 5.62. The second kappa shape index (κ2) is 11.2. The van der Waals surface area contributed by atoms with Crippen LogP contribution in [0, 0.1) is 0 Å². The molecule has 178 valence electrons. The molecule has 5 rings (SSSR count). The summed E-state index contributed by atoms with van der Waals surface area (Å²) in [4.78, 5) is 4.99. The van der Waals surface area contributed by atoms with Crippen LogP contribution >= 0.6 is 11.6 Å². The summed E-state index contributed by atoms with van der Waals surface area (Å²) in [6.07, 6.45) is 6.59. The first-order valence-electron chi connectivity index (χ1n) is 12.3. The van der Waals surface area contributed by atoms with Crippen molar-refractivity contribution in [1.29, 1.82) is 0 Å². The van der Waals surface area contributed by atoms with Gasteiger partial charge in [-0.2, -0.15) is 5.10 Å². The van der Waals surface area contributed by atoms with Crippen LogP contribution in [0.2, 0.25) is 5.02 Å². The molecule has 0 bridgehead atoms. The molecule has 0 atom stereocenters. The number of rotatable bonds is 6. The molecule has 2 aromatic carbocycles. The van der Waals surface area contributed by atoms with Crippen molar-refractivity contribution in [1.82, 2.24) is 14.8 Å². The van der Waals surface area contributed by atoms with Crippen molar-refractivity contribution in [2.45, 2.75) is 19.4 Å². The topological polar surface area (TPSA) is 31.3 Å². The molecule has 0 saturated carbocycles. The molecule has 2 fully saturated rings. The molecule has 2 heterocycles. The Kier molecular flexibility index (Phi) is 7.64. The molecule has 5 nitrogen and oxygen atoms in total. The summed E-state index contributed by atoms with van der Waals surface area (Å²) in [5.41, 5.74) is 6.72. The summed E-state index contributed by atoms with van der Waals surface area (Å²) in [5, 5.41) is 7.94. The molecule has 0 spiro atoms. The molecule has 0 radical (unpaired) electrons. The molecule has 34 heavy (non-hydrogen) atoms. The van der Waals surface area contributed by atoms with E-state index in [-0.39, 0.29) is 0 Å².